The predicted molar refractivity (Wildman–Crippen MR) is 132 cm³/mol. The van der Waals surface area contributed by atoms with Crippen LogP contribution in [0, 0.1) is 0 Å². The number of carbonyl (C=O) groups excluding carboxylic acids is 1. The first-order chi connectivity index (χ1) is 16.7. The van der Waals surface area contributed by atoms with E-state index < -0.39 is 0 Å². The summed E-state index contributed by atoms with van der Waals surface area (Å²) in [6.07, 6.45) is 9.43. The minimum Gasteiger partial charge on any atom is -0.462 e. The Balaban J connectivity index is 0.000000398. The summed E-state index contributed by atoms with van der Waals surface area (Å²) in [4.78, 5) is 21.2. The highest BCUT2D eigenvalue weighted by atomic mass is 16.5. The minimum absolute atomic E-state index is 0.328. The zero-order chi connectivity index (χ0) is 23.8. The summed E-state index contributed by atoms with van der Waals surface area (Å²) in [5.41, 5.74) is 2.78. The molecule has 9 nitrogen and oxygen atoms in total. The smallest absolute Gasteiger partial charge is 0.341 e. The Bertz CT molecular complexity index is 1080. The molecular formula is C25H34N6O3. The molecule has 2 N–H and O–H groups in total. The van der Waals surface area contributed by atoms with Gasteiger partial charge in [-0.15, -0.1) is 0 Å². The maximum atomic E-state index is 12.3. The third-order valence-corrected chi connectivity index (χ3v) is 6.03. The number of hydrogen-bond acceptors (Lipinski definition) is 8. The summed E-state index contributed by atoms with van der Waals surface area (Å²) >= 11 is 0. The third-order valence-electron chi connectivity index (χ3n) is 6.03. The molecule has 34 heavy (non-hydrogen) atoms. The summed E-state index contributed by atoms with van der Waals surface area (Å²) < 4.78 is 11.8. The van der Waals surface area contributed by atoms with Gasteiger partial charge in [0.15, 0.2) is 0 Å². The van der Waals surface area contributed by atoms with Crippen LogP contribution in [0.4, 0.5) is 5.82 Å². The van der Waals surface area contributed by atoms with Gasteiger partial charge in [0.2, 0.25) is 0 Å². The Morgan fingerprint density at radius 1 is 1.21 bits per heavy atom. The Labute approximate surface area is 200 Å². The van der Waals surface area contributed by atoms with Crippen molar-refractivity contribution in [2.45, 2.75) is 45.1 Å². The number of nitrogens with one attached hydrogen (secondary N) is 2. The van der Waals surface area contributed by atoms with Crippen LogP contribution in [-0.2, 0) is 16.5 Å². The van der Waals surface area contributed by atoms with Gasteiger partial charge in [0.1, 0.15) is 23.4 Å². The number of aryl methyl sites for hydroxylation is 1. The van der Waals surface area contributed by atoms with Crippen molar-refractivity contribution < 1.29 is 14.3 Å². The number of ether oxygens (including phenoxy) is 2. The Kier molecular flexibility index (Phi) is 8.43. The van der Waals surface area contributed by atoms with E-state index in [1.807, 2.05) is 18.2 Å². The molecule has 9 heteroatoms. The molecule has 1 saturated heterocycles. The molecule has 1 aliphatic carbocycles. The monoisotopic (exact) mass is 466 g/mol. The van der Waals surface area contributed by atoms with Gasteiger partial charge in [0, 0.05) is 43.3 Å². The minimum atomic E-state index is -0.365. The first kappa shape index (κ1) is 24.1. The molecule has 0 bridgehead atoms. The van der Waals surface area contributed by atoms with E-state index in [2.05, 4.69) is 25.7 Å². The average molecular weight is 467 g/mol. The molecule has 0 spiro atoms. The van der Waals surface area contributed by atoms with Gasteiger partial charge in [-0.1, -0.05) is 25.3 Å². The van der Waals surface area contributed by atoms with Crippen LogP contribution < -0.4 is 10.6 Å². The van der Waals surface area contributed by atoms with E-state index in [0.717, 1.165) is 48.6 Å². The molecular weight excluding hydrogens is 432 g/mol. The summed E-state index contributed by atoms with van der Waals surface area (Å²) in [5, 5.41) is 12.2. The van der Waals surface area contributed by atoms with E-state index in [-0.39, 0.29) is 5.97 Å². The number of nitrogens with zero attached hydrogens (tertiary/aromatic N) is 4. The molecule has 3 heterocycles. The van der Waals surface area contributed by atoms with Crippen LogP contribution in [0.5, 0.6) is 0 Å². The van der Waals surface area contributed by atoms with Crippen LogP contribution in [0.3, 0.4) is 0 Å². The van der Waals surface area contributed by atoms with Crippen molar-refractivity contribution in [3.63, 3.8) is 0 Å². The maximum absolute atomic E-state index is 12.3. The molecule has 1 aliphatic heterocycles. The van der Waals surface area contributed by atoms with Gasteiger partial charge in [-0.3, -0.25) is 4.68 Å². The van der Waals surface area contributed by atoms with Gasteiger partial charge >= 0.3 is 5.97 Å². The second-order valence-electron chi connectivity index (χ2n) is 8.58. The van der Waals surface area contributed by atoms with Crippen LogP contribution in [0.15, 0.2) is 30.7 Å². The molecule has 1 saturated carbocycles. The second kappa shape index (κ2) is 11.9. The van der Waals surface area contributed by atoms with E-state index >= 15 is 0 Å². The van der Waals surface area contributed by atoms with Crippen molar-refractivity contribution in [3.8, 4) is 11.3 Å². The van der Waals surface area contributed by atoms with Gasteiger partial charge in [-0.2, -0.15) is 5.10 Å². The number of anilines is 1. The normalized spacial score (nSPS) is 16.5. The topological polar surface area (TPSA) is 103 Å². The lowest BCUT2D eigenvalue weighted by molar-refractivity contribution is 0.0527. The summed E-state index contributed by atoms with van der Waals surface area (Å²) in [6, 6.07) is 6.33. The lowest BCUT2D eigenvalue weighted by Crippen LogP contribution is -2.30. The van der Waals surface area contributed by atoms with E-state index in [1.54, 1.807) is 31.2 Å². The fourth-order valence-corrected chi connectivity index (χ4v) is 4.33. The van der Waals surface area contributed by atoms with Gasteiger partial charge in [-0.05, 0) is 31.9 Å². The van der Waals surface area contributed by atoms with Crippen LogP contribution >= 0.6 is 0 Å². The van der Waals surface area contributed by atoms with Crippen molar-refractivity contribution in [1.29, 1.82) is 0 Å². The van der Waals surface area contributed by atoms with E-state index in [4.69, 9.17) is 9.47 Å². The number of hydrogen-bond donors (Lipinski definition) is 2. The van der Waals surface area contributed by atoms with Crippen molar-refractivity contribution in [1.82, 2.24) is 25.1 Å². The number of fused-ring (bicyclic) bond motifs is 1. The molecule has 5 rings (SSSR count). The highest BCUT2D eigenvalue weighted by Gasteiger charge is 2.20. The molecule has 0 amide bonds. The summed E-state index contributed by atoms with van der Waals surface area (Å²) in [6.45, 7) is 5.96. The fourth-order valence-electron chi connectivity index (χ4n) is 4.33. The fraction of sp³-hybridized carbons (Fsp3) is 0.520. The number of benzene rings is 1. The van der Waals surface area contributed by atoms with E-state index in [1.165, 1.54) is 32.1 Å². The molecule has 3 aromatic rings. The highest BCUT2D eigenvalue weighted by molar-refractivity contribution is 5.98. The van der Waals surface area contributed by atoms with Crippen LogP contribution in [0.1, 0.15) is 49.4 Å². The standard InChI is InChI=1S/C21H25N5O2.C4H9NO/c1-3-28-21(27)17-12-26(2)25-19(17)14-9-10-18-16(11-14)20(23-13-22-18)24-15-7-5-4-6-8-15;1-3-6-4-2-5-1/h9-13,15H,3-8H2,1-2H3,(H,22,23,24);5H,1-4H2. The van der Waals surface area contributed by atoms with Gasteiger partial charge < -0.3 is 20.1 Å². The first-order valence-corrected chi connectivity index (χ1v) is 12.2. The quantitative estimate of drug-likeness (QED) is 0.550. The zero-order valence-corrected chi connectivity index (χ0v) is 20.0. The van der Waals surface area contributed by atoms with Crippen molar-refractivity contribution >= 4 is 22.7 Å². The first-order valence-electron chi connectivity index (χ1n) is 12.2. The summed E-state index contributed by atoms with van der Waals surface area (Å²) in [5.74, 6) is 0.475. The van der Waals surface area contributed by atoms with Crippen LogP contribution in [0.2, 0.25) is 0 Å². The van der Waals surface area contributed by atoms with Crippen molar-refractivity contribution in [2.75, 3.05) is 38.2 Å². The average Bonchev–Trinajstić information content (AvgIpc) is 3.28. The van der Waals surface area contributed by atoms with Gasteiger partial charge in [0.05, 0.1) is 25.3 Å². The third kappa shape index (κ3) is 6.09. The SMILES string of the molecule is C1COCCN1.CCOC(=O)c1cn(C)nc1-c1ccc2ncnc(NC3CCCCC3)c2c1. The molecule has 2 aromatic heterocycles. The molecule has 1 aromatic carbocycles. The lowest BCUT2D eigenvalue weighted by atomic mass is 9.95. The number of aromatic nitrogens is 4. The Morgan fingerprint density at radius 3 is 2.68 bits per heavy atom. The van der Waals surface area contributed by atoms with Crippen molar-refractivity contribution in [2.24, 2.45) is 7.05 Å². The molecule has 0 atom stereocenters. The number of rotatable bonds is 5. The Morgan fingerprint density at radius 2 is 2.00 bits per heavy atom. The molecule has 0 unspecified atom stereocenters. The lowest BCUT2D eigenvalue weighted by Gasteiger charge is -2.23. The van der Waals surface area contributed by atoms with E-state index in [9.17, 15) is 4.79 Å². The number of carbonyl (C=O) groups is 1. The van der Waals surface area contributed by atoms with Crippen molar-refractivity contribution in [3.05, 3.63) is 36.3 Å². The van der Waals surface area contributed by atoms with Gasteiger partial charge in [-0.25, -0.2) is 14.8 Å². The second-order valence-corrected chi connectivity index (χ2v) is 8.58. The summed E-state index contributed by atoms with van der Waals surface area (Å²) in [7, 11) is 1.80. The van der Waals surface area contributed by atoms with Crippen LogP contribution in [0.25, 0.3) is 22.2 Å². The van der Waals surface area contributed by atoms with E-state index in [0.29, 0.717) is 23.9 Å². The maximum Gasteiger partial charge on any atom is 0.341 e. The highest BCUT2D eigenvalue weighted by Crippen LogP contribution is 2.30. The zero-order valence-electron chi connectivity index (χ0n) is 20.0. The Hall–Kier alpha value is -3.04. The van der Waals surface area contributed by atoms with Gasteiger partial charge in [0.25, 0.3) is 0 Å². The molecule has 182 valence electrons. The van der Waals surface area contributed by atoms with Crippen LogP contribution in [-0.4, -0.2) is 64.7 Å². The number of morpholine rings is 1. The largest absolute Gasteiger partial charge is 0.462 e. The molecule has 2 aliphatic rings. The predicted octanol–water partition coefficient (Wildman–Crippen LogP) is 3.56. The molecule has 2 fully saturated rings. The number of esters is 1. The molecule has 0 radical (unpaired) electrons.